The van der Waals surface area contributed by atoms with Gasteiger partial charge in [0.1, 0.15) is 5.82 Å². The highest BCUT2D eigenvalue weighted by molar-refractivity contribution is 5.61. The topological polar surface area (TPSA) is 43.8 Å². The van der Waals surface area contributed by atoms with Crippen LogP contribution >= 0.6 is 0 Å². The molecule has 18 heavy (non-hydrogen) atoms. The van der Waals surface area contributed by atoms with E-state index in [9.17, 15) is 0 Å². The van der Waals surface area contributed by atoms with Crippen molar-refractivity contribution in [3.63, 3.8) is 0 Å². The van der Waals surface area contributed by atoms with E-state index in [1.165, 1.54) is 42.4 Å². The highest BCUT2D eigenvalue weighted by Gasteiger charge is 2.12. The van der Waals surface area contributed by atoms with Crippen LogP contribution in [-0.2, 0) is 26.4 Å². The number of nitrogens with zero attached hydrogens (tertiary/aromatic N) is 2. The molecule has 3 heteroatoms. The summed E-state index contributed by atoms with van der Waals surface area (Å²) in [5, 5.41) is 0. The molecule has 0 fully saturated rings. The normalized spacial score (nSPS) is 14.6. The molecule has 94 valence electrons. The lowest BCUT2D eigenvalue weighted by molar-refractivity contribution is 0.685. The molecule has 1 aromatic heterocycles. The molecule has 0 spiro atoms. The minimum atomic E-state index is 0.488. The van der Waals surface area contributed by atoms with Crippen molar-refractivity contribution in [2.45, 2.75) is 32.2 Å². The van der Waals surface area contributed by atoms with E-state index in [1.54, 1.807) is 0 Å². The van der Waals surface area contributed by atoms with Crippen LogP contribution in [0.25, 0.3) is 11.3 Å². The smallest absolute Gasteiger partial charge is 0.122 e. The van der Waals surface area contributed by atoms with Gasteiger partial charge in [-0.2, -0.15) is 0 Å². The van der Waals surface area contributed by atoms with E-state index in [4.69, 9.17) is 5.73 Å². The standard InChI is InChI=1S/C15H19N3/c1-18-14(10-17-15(18)9-16)13-7-6-11-4-2-3-5-12(11)8-13/h6-8,10H,2-5,9,16H2,1H3. The van der Waals surface area contributed by atoms with E-state index in [0.717, 1.165) is 11.5 Å². The van der Waals surface area contributed by atoms with Gasteiger partial charge in [0.2, 0.25) is 0 Å². The van der Waals surface area contributed by atoms with Crippen molar-refractivity contribution in [2.75, 3.05) is 0 Å². The van der Waals surface area contributed by atoms with Crippen molar-refractivity contribution in [1.82, 2.24) is 9.55 Å². The lowest BCUT2D eigenvalue weighted by Crippen LogP contribution is -2.06. The zero-order valence-corrected chi connectivity index (χ0v) is 10.8. The Morgan fingerprint density at radius 3 is 2.72 bits per heavy atom. The number of imidazole rings is 1. The monoisotopic (exact) mass is 241 g/mol. The highest BCUT2D eigenvalue weighted by Crippen LogP contribution is 2.27. The third-order valence-electron chi connectivity index (χ3n) is 3.91. The van der Waals surface area contributed by atoms with Crippen LogP contribution in [0.3, 0.4) is 0 Å². The first kappa shape index (κ1) is 11.5. The first-order valence-electron chi connectivity index (χ1n) is 6.62. The van der Waals surface area contributed by atoms with Crippen molar-refractivity contribution in [2.24, 2.45) is 12.8 Å². The minimum Gasteiger partial charge on any atom is -0.330 e. The van der Waals surface area contributed by atoms with Crippen molar-refractivity contribution in [3.8, 4) is 11.3 Å². The summed E-state index contributed by atoms with van der Waals surface area (Å²) >= 11 is 0. The zero-order valence-electron chi connectivity index (χ0n) is 10.8. The third kappa shape index (κ3) is 1.85. The average Bonchev–Trinajstić information content (AvgIpc) is 2.79. The van der Waals surface area contributed by atoms with Crippen LogP contribution in [-0.4, -0.2) is 9.55 Å². The Labute approximate surface area is 108 Å². The van der Waals surface area contributed by atoms with Gasteiger partial charge in [0, 0.05) is 12.6 Å². The molecule has 1 aromatic carbocycles. The van der Waals surface area contributed by atoms with E-state index in [0.29, 0.717) is 6.54 Å². The molecule has 0 unspecified atom stereocenters. The number of aryl methyl sites for hydroxylation is 2. The van der Waals surface area contributed by atoms with Crippen LogP contribution in [0.15, 0.2) is 24.4 Å². The van der Waals surface area contributed by atoms with Crippen LogP contribution in [0.4, 0.5) is 0 Å². The largest absolute Gasteiger partial charge is 0.330 e. The third-order valence-corrected chi connectivity index (χ3v) is 3.91. The highest BCUT2D eigenvalue weighted by atomic mass is 15.1. The molecule has 2 N–H and O–H groups in total. The molecule has 0 bridgehead atoms. The lowest BCUT2D eigenvalue weighted by atomic mass is 9.90. The predicted octanol–water partition coefficient (Wildman–Crippen LogP) is 2.42. The van der Waals surface area contributed by atoms with E-state index in [-0.39, 0.29) is 0 Å². The Bertz CT molecular complexity index is 569. The number of hydrogen-bond acceptors (Lipinski definition) is 2. The van der Waals surface area contributed by atoms with E-state index in [1.807, 2.05) is 13.2 Å². The zero-order chi connectivity index (χ0) is 12.5. The summed E-state index contributed by atoms with van der Waals surface area (Å²) in [6.45, 7) is 0.488. The van der Waals surface area contributed by atoms with Crippen molar-refractivity contribution < 1.29 is 0 Å². The molecule has 0 radical (unpaired) electrons. The summed E-state index contributed by atoms with van der Waals surface area (Å²) in [4.78, 5) is 4.36. The molecule has 0 saturated carbocycles. The van der Waals surface area contributed by atoms with E-state index >= 15 is 0 Å². The minimum absolute atomic E-state index is 0.488. The molecule has 0 atom stereocenters. The molecule has 1 aliphatic carbocycles. The molecule has 3 rings (SSSR count). The maximum absolute atomic E-state index is 5.67. The van der Waals surface area contributed by atoms with E-state index in [2.05, 4.69) is 27.8 Å². The predicted molar refractivity (Wildman–Crippen MR) is 73.2 cm³/mol. The van der Waals surface area contributed by atoms with Crippen LogP contribution in [0.2, 0.25) is 0 Å². The lowest BCUT2D eigenvalue weighted by Gasteiger charge is -2.16. The van der Waals surface area contributed by atoms with Crippen LogP contribution in [0.1, 0.15) is 29.8 Å². The Hall–Kier alpha value is -1.61. The van der Waals surface area contributed by atoms with Gasteiger partial charge in [-0.1, -0.05) is 12.1 Å². The molecular formula is C15H19N3. The summed E-state index contributed by atoms with van der Waals surface area (Å²) in [5.74, 6) is 0.933. The molecule has 1 heterocycles. The summed E-state index contributed by atoms with van der Waals surface area (Å²) in [5.41, 5.74) is 11.1. The fourth-order valence-electron chi connectivity index (χ4n) is 2.80. The number of nitrogens with two attached hydrogens (primary N) is 1. The summed E-state index contributed by atoms with van der Waals surface area (Å²) in [7, 11) is 2.03. The van der Waals surface area contributed by atoms with Gasteiger partial charge < -0.3 is 10.3 Å². The fourth-order valence-corrected chi connectivity index (χ4v) is 2.80. The number of rotatable bonds is 2. The van der Waals surface area contributed by atoms with Gasteiger partial charge in [0.05, 0.1) is 18.4 Å². The van der Waals surface area contributed by atoms with Gasteiger partial charge in [-0.3, -0.25) is 0 Å². The van der Waals surface area contributed by atoms with Crippen LogP contribution in [0, 0.1) is 0 Å². The van der Waals surface area contributed by atoms with Gasteiger partial charge in [-0.05, 0) is 42.9 Å². The van der Waals surface area contributed by atoms with Crippen LogP contribution in [0.5, 0.6) is 0 Å². The Balaban J connectivity index is 2.03. The Morgan fingerprint density at radius 2 is 2.00 bits per heavy atom. The average molecular weight is 241 g/mol. The molecule has 0 aliphatic heterocycles. The Morgan fingerprint density at radius 1 is 1.22 bits per heavy atom. The first-order chi connectivity index (χ1) is 8.79. The molecule has 3 nitrogen and oxygen atoms in total. The fraction of sp³-hybridized carbons (Fsp3) is 0.400. The summed E-state index contributed by atoms with van der Waals surface area (Å²) in [6, 6.07) is 6.81. The van der Waals surface area contributed by atoms with Gasteiger partial charge >= 0.3 is 0 Å². The second kappa shape index (κ2) is 4.58. The number of aromatic nitrogens is 2. The van der Waals surface area contributed by atoms with Crippen molar-refractivity contribution >= 4 is 0 Å². The summed E-state index contributed by atoms with van der Waals surface area (Å²) in [6.07, 6.45) is 7.01. The van der Waals surface area contributed by atoms with Gasteiger partial charge in [0.15, 0.2) is 0 Å². The maximum atomic E-state index is 5.67. The molecule has 0 saturated heterocycles. The van der Waals surface area contributed by atoms with Gasteiger partial charge in [-0.15, -0.1) is 0 Å². The number of hydrogen-bond donors (Lipinski definition) is 1. The SMILES string of the molecule is Cn1c(-c2ccc3c(c2)CCCC3)cnc1CN. The number of fused-ring (bicyclic) bond motifs is 1. The van der Waals surface area contributed by atoms with E-state index < -0.39 is 0 Å². The van der Waals surface area contributed by atoms with Gasteiger partial charge in [-0.25, -0.2) is 4.98 Å². The van der Waals surface area contributed by atoms with Crippen molar-refractivity contribution in [3.05, 3.63) is 41.3 Å². The molecule has 1 aliphatic rings. The Kier molecular flexibility index (Phi) is 2.92. The molecular weight excluding hydrogens is 222 g/mol. The molecule has 2 aromatic rings. The van der Waals surface area contributed by atoms with Crippen molar-refractivity contribution in [1.29, 1.82) is 0 Å². The van der Waals surface area contributed by atoms with Crippen LogP contribution < -0.4 is 5.73 Å². The quantitative estimate of drug-likeness (QED) is 0.877. The van der Waals surface area contributed by atoms with Gasteiger partial charge in [0.25, 0.3) is 0 Å². The molecule has 0 amide bonds. The summed E-state index contributed by atoms with van der Waals surface area (Å²) < 4.78 is 2.09. The first-order valence-corrected chi connectivity index (χ1v) is 6.62. The maximum Gasteiger partial charge on any atom is 0.122 e. The second-order valence-electron chi connectivity index (χ2n) is 5.01. The number of benzene rings is 1. The second-order valence-corrected chi connectivity index (χ2v) is 5.01.